The molecule has 21 heavy (non-hydrogen) atoms. The fourth-order valence-corrected chi connectivity index (χ4v) is 1.54. The van der Waals surface area contributed by atoms with Crippen molar-refractivity contribution in [3.63, 3.8) is 0 Å². The Morgan fingerprint density at radius 1 is 1.52 bits per heavy atom. The number of halogens is 1. The Bertz CT molecular complexity index is 541. The molecule has 7 nitrogen and oxygen atoms in total. The first-order chi connectivity index (χ1) is 9.69. The molecule has 8 heteroatoms. The number of carbonyl (C=O) groups is 1. The number of nitrogens with two attached hydrogens (primary N) is 1. The van der Waals surface area contributed by atoms with Crippen LogP contribution >= 0.6 is 12.4 Å². The molecule has 0 saturated heterocycles. The maximum absolute atomic E-state index is 11.6. The van der Waals surface area contributed by atoms with Crippen LogP contribution in [-0.2, 0) is 11.2 Å². The zero-order valence-electron chi connectivity index (χ0n) is 11.7. The van der Waals surface area contributed by atoms with Crippen LogP contribution in [0.25, 0.3) is 11.6 Å². The molecule has 2 rings (SSSR count). The van der Waals surface area contributed by atoms with Crippen LogP contribution in [0.4, 0.5) is 0 Å². The Labute approximate surface area is 128 Å². The number of hydrogen-bond acceptors (Lipinski definition) is 6. The Balaban J connectivity index is 0.00000220. The highest BCUT2D eigenvalue weighted by Crippen LogP contribution is 2.16. The number of hydrogen-bond donors (Lipinski definition) is 2. The van der Waals surface area contributed by atoms with Crippen molar-refractivity contribution in [3.8, 4) is 11.6 Å². The summed E-state index contributed by atoms with van der Waals surface area (Å²) in [5, 5.41) is 6.61. The second-order valence-corrected chi connectivity index (χ2v) is 4.63. The highest BCUT2D eigenvalue weighted by molar-refractivity contribution is 5.85. The third-order valence-electron chi connectivity index (χ3n) is 2.83. The number of amides is 1. The van der Waals surface area contributed by atoms with E-state index in [0.29, 0.717) is 43.4 Å². The van der Waals surface area contributed by atoms with Gasteiger partial charge in [-0.25, -0.2) is 0 Å². The molecule has 0 fully saturated rings. The molecule has 3 N–H and O–H groups in total. The largest absolute Gasteiger partial charge is 0.461 e. The van der Waals surface area contributed by atoms with E-state index < -0.39 is 0 Å². The molecule has 2 aromatic rings. The molecule has 0 bridgehead atoms. The zero-order valence-corrected chi connectivity index (χ0v) is 12.6. The number of aromatic nitrogens is 2. The fraction of sp³-hybridized carbons (Fsp3) is 0.462. The van der Waals surface area contributed by atoms with E-state index >= 15 is 0 Å². The van der Waals surface area contributed by atoms with Crippen molar-refractivity contribution in [2.75, 3.05) is 13.1 Å². The first-order valence-corrected chi connectivity index (χ1v) is 6.52. The highest BCUT2D eigenvalue weighted by Gasteiger charge is 2.12. The van der Waals surface area contributed by atoms with E-state index in [2.05, 4.69) is 15.5 Å². The van der Waals surface area contributed by atoms with Gasteiger partial charge >= 0.3 is 0 Å². The summed E-state index contributed by atoms with van der Waals surface area (Å²) in [5.74, 6) is 1.57. The molecule has 1 atom stereocenters. The Kier molecular flexibility index (Phi) is 6.90. The van der Waals surface area contributed by atoms with Gasteiger partial charge in [-0.2, -0.15) is 4.98 Å². The van der Waals surface area contributed by atoms with Gasteiger partial charge in [0.05, 0.1) is 6.26 Å². The maximum Gasteiger partial charge on any atom is 0.238 e. The van der Waals surface area contributed by atoms with E-state index in [1.165, 1.54) is 6.26 Å². The third kappa shape index (κ3) is 5.20. The van der Waals surface area contributed by atoms with E-state index in [1.54, 1.807) is 12.1 Å². The minimum atomic E-state index is -0.0527. The minimum Gasteiger partial charge on any atom is -0.461 e. The number of furan rings is 1. The van der Waals surface area contributed by atoms with Crippen LogP contribution in [-0.4, -0.2) is 29.1 Å². The van der Waals surface area contributed by atoms with Crippen LogP contribution in [0.1, 0.15) is 19.2 Å². The van der Waals surface area contributed by atoms with E-state index in [9.17, 15) is 4.79 Å². The molecule has 1 amide bonds. The van der Waals surface area contributed by atoms with Crippen molar-refractivity contribution in [3.05, 3.63) is 24.3 Å². The summed E-state index contributed by atoms with van der Waals surface area (Å²) < 4.78 is 10.2. The second kappa shape index (κ2) is 8.43. The van der Waals surface area contributed by atoms with Gasteiger partial charge in [-0.3, -0.25) is 4.79 Å². The van der Waals surface area contributed by atoms with Crippen molar-refractivity contribution < 1.29 is 13.7 Å². The molecule has 0 spiro atoms. The van der Waals surface area contributed by atoms with Crippen molar-refractivity contribution >= 4 is 18.3 Å². The van der Waals surface area contributed by atoms with Gasteiger partial charge in [-0.1, -0.05) is 12.1 Å². The number of carbonyl (C=O) groups excluding carboxylic acids is 1. The molecule has 2 heterocycles. The lowest BCUT2D eigenvalue weighted by atomic mass is 10.2. The SMILES string of the molecule is CC(CN)CNC(=O)CCc1nc(-c2ccco2)no1.Cl. The first kappa shape index (κ1) is 17.2. The van der Waals surface area contributed by atoms with Crippen LogP contribution in [0.5, 0.6) is 0 Å². The second-order valence-electron chi connectivity index (χ2n) is 4.63. The predicted octanol–water partition coefficient (Wildman–Crippen LogP) is 1.39. The standard InChI is InChI=1S/C13H18N4O3.ClH/c1-9(7-14)8-15-11(18)4-5-12-16-13(17-20-12)10-3-2-6-19-10;/h2-3,6,9H,4-5,7-8,14H2,1H3,(H,15,18);1H. The minimum absolute atomic E-state index is 0. The van der Waals surface area contributed by atoms with Gasteiger partial charge in [-0.05, 0) is 24.6 Å². The number of rotatable bonds is 7. The molecule has 0 radical (unpaired) electrons. The number of aryl methyl sites for hydroxylation is 1. The summed E-state index contributed by atoms with van der Waals surface area (Å²) in [7, 11) is 0. The van der Waals surface area contributed by atoms with Gasteiger partial charge in [0.1, 0.15) is 0 Å². The lowest BCUT2D eigenvalue weighted by molar-refractivity contribution is -0.121. The van der Waals surface area contributed by atoms with E-state index in [0.717, 1.165) is 0 Å². The van der Waals surface area contributed by atoms with E-state index in [1.807, 2.05) is 6.92 Å². The average molecular weight is 315 g/mol. The molecule has 0 aliphatic carbocycles. The Morgan fingerprint density at radius 3 is 3.00 bits per heavy atom. The molecule has 116 valence electrons. The highest BCUT2D eigenvalue weighted by atomic mass is 35.5. The Morgan fingerprint density at radius 2 is 2.33 bits per heavy atom. The van der Waals surface area contributed by atoms with Crippen LogP contribution in [0.2, 0.25) is 0 Å². The van der Waals surface area contributed by atoms with Crippen LogP contribution < -0.4 is 11.1 Å². The van der Waals surface area contributed by atoms with Gasteiger partial charge < -0.3 is 20.0 Å². The van der Waals surface area contributed by atoms with Crippen LogP contribution in [0.15, 0.2) is 27.3 Å². The Hall–Kier alpha value is -1.86. The lowest BCUT2D eigenvalue weighted by Crippen LogP contribution is -2.31. The van der Waals surface area contributed by atoms with Crippen LogP contribution in [0, 0.1) is 5.92 Å². The molecule has 2 aromatic heterocycles. The summed E-state index contributed by atoms with van der Waals surface area (Å²) in [6, 6.07) is 3.49. The lowest BCUT2D eigenvalue weighted by Gasteiger charge is -2.09. The van der Waals surface area contributed by atoms with Gasteiger partial charge in [0.15, 0.2) is 5.76 Å². The summed E-state index contributed by atoms with van der Waals surface area (Å²) in [6.45, 7) is 3.11. The van der Waals surface area contributed by atoms with Crippen molar-refractivity contribution in [1.29, 1.82) is 0 Å². The molecular formula is C13H19ClN4O3. The van der Waals surface area contributed by atoms with Gasteiger partial charge in [0.2, 0.25) is 17.6 Å². The van der Waals surface area contributed by atoms with Gasteiger partial charge in [0.25, 0.3) is 0 Å². The topological polar surface area (TPSA) is 107 Å². The zero-order chi connectivity index (χ0) is 14.4. The van der Waals surface area contributed by atoms with E-state index in [-0.39, 0.29) is 24.2 Å². The summed E-state index contributed by atoms with van der Waals surface area (Å²) >= 11 is 0. The third-order valence-corrected chi connectivity index (χ3v) is 2.83. The molecule has 0 aliphatic rings. The van der Waals surface area contributed by atoms with Crippen LogP contribution in [0.3, 0.4) is 0 Å². The van der Waals surface area contributed by atoms with Gasteiger partial charge in [0, 0.05) is 19.4 Å². The monoisotopic (exact) mass is 314 g/mol. The maximum atomic E-state index is 11.6. The summed E-state index contributed by atoms with van der Waals surface area (Å²) in [5.41, 5.74) is 5.48. The summed E-state index contributed by atoms with van der Waals surface area (Å²) in [4.78, 5) is 15.8. The smallest absolute Gasteiger partial charge is 0.238 e. The fourth-order valence-electron chi connectivity index (χ4n) is 1.54. The summed E-state index contributed by atoms with van der Waals surface area (Å²) in [6.07, 6.45) is 2.24. The first-order valence-electron chi connectivity index (χ1n) is 6.52. The quantitative estimate of drug-likeness (QED) is 0.799. The van der Waals surface area contributed by atoms with Gasteiger partial charge in [-0.15, -0.1) is 12.4 Å². The molecule has 0 aliphatic heterocycles. The molecule has 1 unspecified atom stereocenters. The molecular weight excluding hydrogens is 296 g/mol. The normalized spacial score (nSPS) is 11.7. The van der Waals surface area contributed by atoms with Crippen molar-refractivity contribution in [1.82, 2.24) is 15.5 Å². The predicted molar refractivity (Wildman–Crippen MR) is 78.8 cm³/mol. The number of nitrogens with zero attached hydrogens (tertiary/aromatic N) is 2. The van der Waals surface area contributed by atoms with Crippen molar-refractivity contribution in [2.45, 2.75) is 19.8 Å². The molecule has 0 saturated carbocycles. The number of nitrogens with one attached hydrogen (secondary N) is 1. The van der Waals surface area contributed by atoms with Crippen molar-refractivity contribution in [2.24, 2.45) is 11.7 Å². The molecule has 0 aromatic carbocycles. The average Bonchev–Trinajstić information content (AvgIpc) is 3.12. The van der Waals surface area contributed by atoms with E-state index in [4.69, 9.17) is 14.7 Å².